The Hall–Kier alpha value is -2.19. The van der Waals surface area contributed by atoms with Crippen molar-refractivity contribution < 1.29 is 4.79 Å². The van der Waals surface area contributed by atoms with Crippen molar-refractivity contribution in [2.75, 3.05) is 56.6 Å². The lowest BCUT2D eigenvalue weighted by atomic mass is 9.74. The summed E-state index contributed by atoms with van der Waals surface area (Å²) < 4.78 is 4.34. The molecule has 2 fully saturated rings. The number of hydrogen-bond acceptors (Lipinski definition) is 6. The zero-order valence-electron chi connectivity index (χ0n) is 18.8. The lowest BCUT2D eigenvalue weighted by Crippen LogP contribution is -2.52. The number of anilines is 2. The van der Waals surface area contributed by atoms with E-state index in [1.165, 1.54) is 29.9 Å². The van der Waals surface area contributed by atoms with E-state index in [0.717, 1.165) is 62.2 Å². The van der Waals surface area contributed by atoms with Crippen molar-refractivity contribution >= 4 is 28.4 Å². The summed E-state index contributed by atoms with van der Waals surface area (Å²) in [6, 6.07) is 9.28. The Morgan fingerprint density at radius 2 is 1.84 bits per heavy atom. The number of fused-ring (bicyclic) bond motifs is 2. The SMILES string of the molecule is Cc1nsc(N2CCC(N3CCC4(CC3)CN(C(=O)N(C)C)c3ccccc34)CC2)n1. The lowest BCUT2D eigenvalue weighted by Gasteiger charge is -2.45. The summed E-state index contributed by atoms with van der Waals surface area (Å²) in [7, 11) is 3.68. The average Bonchev–Trinajstić information content (AvgIpc) is 3.36. The van der Waals surface area contributed by atoms with Gasteiger partial charge in [0.2, 0.25) is 5.13 Å². The summed E-state index contributed by atoms with van der Waals surface area (Å²) >= 11 is 1.52. The highest BCUT2D eigenvalue weighted by Crippen LogP contribution is 2.47. The van der Waals surface area contributed by atoms with Crippen LogP contribution in [0.3, 0.4) is 0 Å². The molecule has 5 rings (SSSR count). The zero-order valence-corrected chi connectivity index (χ0v) is 19.6. The fourth-order valence-corrected chi connectivity index (χ4v) is 6.35. The molecule has 0 bridgehead atoms. The molecule has 7 nitrogen and oxygen atoms in total. The second-order valence-corrected chi connectivity index (χ2v) is 10.2. The molecule has 3 aliphatic heterocycles. The molecule has 1 aromatic carbocycles. The van der Waals surface area contributed by atoms with Gasteiger partial charge in [0.15, 0.2) is 0 Å². The predicted molar refractivity (Wildman–Crippen MR) is 125 cm³/mol. The number of hydrogen-bond donors (Lipinski definition) is 0. The molecule has 2 saturated heterocycles. The van der Waals surface area contributed by atoms with Crippen LogP contribution in [0.4, 0.5) is 15.6 Å². The number of para-hydroxylation sites is 1. The van der Waals surface area contributed by atoms with Gasteiger partial charge in [-0.2, -0.15) is 4.37 Å². The first-order valence-electron chi connectivity index (χ1n) is 11.3. The minimum Gasteiger partial charge on any atom is -0.347 e. The number of urea groups is 1. The molecule has 0 N–H and O–H groups in total. The first-order valence-corrected chi connectivity index (χ1v) is 12.1. The number of rotatable bonds is 2. The third-order valence-corrected chi connectivity index (χ3v) is 8.23. The maximum Gasteiger partial charge on any atom is 0.323 e. The van der Waals surface area contributed by atoms with Gasteiger partial charge in [-0.3, -0.25) is 4.90 Å². The number of piperidine rings is 2. The number of aromatic nitrogens is 2. The van der Waals surface area contributed by atoms with Gasteiger partial charge in [0, 0.05) is 62.4 Å². The minimum atomic E-state index is 0.0889. The smallest absolute Gasteiger partial charge is 0.323 e. The van der Waals surface area contributed by atoms with Crippen molar-refractivity contribution in [3.05, 3.63) is 35.7 Å². The van der Waals surface area contributed by atoms with Gasteiger partial charge in [0.25, 0.3) is 0 Å². The molecule has 8 heteroatoms. The number of aryl methyl sites for hydroxylation is 1. The first-order chi connectivity index (χ1) is 15.0. The molecule has 4 heterocycles. The average molecular weight is 441 g/mol. The Labute approximate surface area is 188 Å². The van der Waals surface area contributed by atoms with Gasteiger partial charge < -0.3 is 14.7 Å². The highest BCUT2D eigenvalue weighted by Gasteiger charge is 2.47. The molecule has 2 amide bonds. The normalized spacial score (nSPS) is 21.5. The van der Waals surface area contributed by atoms with Gasteiger partial charge in [-0.05, 0) is 57.3 Å². The quantitative estimate of drug-likeness (QED) is 0.717. The molecule has 0 unspecified atom stereocenters. The number of carbonyl (C=O) groups excluding carboxylic acids is 1. The Kier molecular flexibility index (Phi) is 5.38. The van der Waals surface area contributed by atoms with Gasteiger partial charge in [-0.25, -0.2) is 9.78 Å². The van der Waals surface area contributed by atoms with Crippen molar-refractivity contribution in [2.45, 2.75) is 44.1 Å². The summed E-state index contributed by atoms with van der Waals surface area (Å²) in [6.07, 6.45) is 4.62. The summed E-state index contributed by atoms with van der Waals surface area (Å²) in [5.41, 5.74) is 2.57. The van der Waals surface area contributed by atoms with E-state index in [1.54, 1.807) is 4.90 Å². The van der Waals surface area contributed by atoms with Gasteiger partial charge >= 0.3 is 6.03 Å². The largest absolute Gasteiger partial charge is 0.347 e. The molecular formula is C23H32N6OS. The lowest BCUT2D eigenvalue weighted by molar-refractivity contribution is 0.104. The summed E-state index contributed by atoms with van der Waals surface area (Å²) in [6.45, 7) is 7.13. The summed E-state index contributed by atoms with van der Waals surface area (Å²) in [4.78, 5) is 26.2. The molecular weight excluding hydrogens is 408 g/mol. The first kappa shape index (κ1) is 20.7. The van der Waals surface area contributed by atoms with Crippen molar-refractivity contribution in [2.24, 2.45) is 0 Å². The van der Waals surface area contributed by atoms with E-state index in [0.29, 0.717) is 6.04 Å². The number of amides is 2. The van der Waals surface area contributed by atoms with E-state index in [2.05, 4.69) is 43.4 Å². The van der Waals surface area contributed by atoms with E-state index >= 15 is 0 Å². The third-order valence-electron chi connectivity index (χ3n) is 7.36. The summed E-state index contributed by atoms with van der Waals surface area (Å²) in [5, 5.41) is 1.07. The van der Waals surface area contributed by atoms with Crippen LogP contribution in [0, 0.1) is 6.92 Å². The Morgan fingerprint density at radius 1 is 1.13 bits per heavy atom. The topological polar surface area (TPSA) is 55.8 Å². The molecule has 1 aromatic heterocycles. The number of nitrogens with zero attached hydrogens (tertiary/aromatic N) is 6. The van der Waals surface area contributed by atoms with Crippen LogP contribution >= 0.6 is 11.5 Å². The molecule has 166 valence electrons. The monoisotopic (exact) mass is 440 g/mol. The van der Waals surface area contributed by atoms with Crippen LogP contribution in [0.25, 0.3) is 0 Å². The Bertz CT molecular complexity index is 943. The Balaban J connectivity index is 1.24. The van der Waals surface area contributed by atoms with Gasteiger partial charge in [-0.1, -0.05) is 18.2 Å². The number of carbonyl (C=O) groups is 1. The highest BCUT2D eigenvalue weighted by atomic mass is 32.1. The standard InChI is InChI=1S/C23H32N6OS/c1-17-24-21(31-25-17)28-12-8-18(9-13-28)27-14-10-23(11-15-27)16-29(22(30)26(2)3)20-7-5-4-6-19(20)23/h4-7,18H,8-16H2,1-3H3. The fourth-order valence-electron chi connectivity index (χ4n) is 5.62. The maximum atomic E-state index is 12.8. The van der Waals surface area contributed by atoms with Crippen LogP contribution in [0.15, 0.2) is 24.3 Å². The number of likely N-dealkylation sites (tertiary alicyclic amines) is 1. The van der Waals surface area contributed by atoms with Crippen LogP contribution in [0.5, 0.6) is 0 Å². The van der Waals surface area contributed by atoms with Crippen molar-refractivity contribution in [1.82, 2.24) is 19.2 Å². The molecule has 1 spiro atoms. The van der Waals surface area contributed by atoms with Crippen LogP contribution in [0.1, 0.15) is 37.1 Å². The second-order valence-electron chi connectivity index (χ2n) is 9.44. The second kappa shape index (κ2) is 8.06. The van der Waals surface area contributed by atoms with Crippen LogP contribution in [-0.2, 0) is 5.41 Å². The fraction of sp³-hybridized carbons (Fsp3) is 0.609. The van der Waals surface area contributed by atoms with Crippen molar-refractivity contribution in [3.63, 3.8) is 0 Å². The molecule has 0 atom stereocenters. The van der Waals surface area contributed by atoms with E-state index in [4.69, 9.17) is 0 Å². The molecule has 3 aliphatic rings. The van der Waals surface area contributed by atoms with Crippen molar-refractivity contribution in [1.29, 1.82) is 0 Å². The van der Waals surface area contributed by atoms with Crippen molar-refractivity contribution in [3.8, 4) is 0 Å². The zero-order chi connectivity index (χ0) is 21.6. The maximum absolute atomic E-state index is 12.8. The van der Waals surface area contributed by atoms with Gasteiger partial charge in [-0.15, -0.1) is 0 Å². The molecule has 0 saturated carbocycles. The van der Waals surface area contributed by atoms with E-state index < -0.39 is 0 Å². The third kappa shape index (κ3) is 3.69. The molecule has 0 radical (unpaired) electrons. The van der Waals surface area contributed by atoms with E-state index in [-0.39, 0.29) is 11.4 Å². The predicted octanol–water partition coefficient (Wildman–Crippen LogP) is 3.35. The molecule has 0 aliphatic carbocycles. The van der Waals surface area contributed by atoms with Crippen LogP contribution < -0.4 is 9.80 Å². The van der Waals surface area contributed by atoms with Gasteiger partial charge in [0.05, 0.1) is 0 Å². The molecule has 31 heavy (non-hydrogen) atoms. The highest BCUT2D eigenvalue weighted by molar-refractivity contribution is 7.09. The minimum absolute atomic E-state index is 0.0889. The van der Waals surface area contributed by atoms with Gasteiger partial charge in [0.1, 0.15) is 5.82 Å². The Morgan fingerprint density at radius 3 is 2.48 bits per heavy atom. The number of benzene rings is 1. The van der Waals surface area contributed by atoms with E-state index in [1.807, 2.05) is 25.9 Å². The van der Waals surface area contributed by atoms with E-state index in [9.17, 15) is 4.79 Å². The van der Waals surface area contributed by atoms with Crippen LogP contribution in [0.2, 0.25) is 0 Å². The summed E-state index contributed by atoms with van der Waals surface area (Å²) in [5.74, 6) is 0.877. The molecule has 2 aromatic rings. The van der Waals surface area contributed by atoms with Crippen LogP contribution in [-0.4, -0.2) is 78.0 Å².